The average molecular weight is 501 g/mol. The van der Waals surface area contributed by atoms with Crippen LogP contribution in [0.3, 0.4) is 0 Å². The van der Waals surface area contributed by atoms with Gasteiger partial charge in [0, 0.05) is 25.7 Å². The summed E-state index contributed by atoms with van der Waals surface area (Å²) in [5.41, 5.74) is 7.43. The van der Waals surface area contributed by atoms with Crippen molar-refractivity contribution in [3.8, 4) is 22.8 Å². The van der Waals surface area contributed by atoms with Crippen LogP contribution in [0.25, 0.3) is 11.3 Å². The fourth-order valence-corrected chi connectivity index (χ4v) is 4.68. The summed E-state index contributed by atoms with van der Waals surface area (Å²) >= 11 is 0. The number of carbonyl (C=O) groups is 2. The van der Waals surface area contributed by atoms with Crippen molar-refractivity contribution in [3.05, 3.63) is 72.8 Å². The molecule has 0 radical (unpaired) electrons. The van der Waals surface area contributed by atoms with Crippen molar-refractivity contribution in [1.29, 1.82) is 0 Å². The van der Waals surface area contributed by atoms with Gasteiger partial charge in [0.05, 0.1) is 6.04 Å². The SMILES string of the molecule is CC(CN(C)C(=O)n1cncn1)C1CCNc2c(C(N)=O)c(-c3ccc(Oc4ccccc4)cc3)nn21. The van der Waals surface area contributed by atoms with Crippen LogP contribution >= 0.6 is 0 Å². The van der Waals surface area contributed by atoms with Crippen LogP contribution < -0.4 is 15.8 Å². The molecule has 5 rings (SSSR count). The molecule has 37 heavy (non-hydrogen) atoms. The van der Waals surface area contributed by atoms with Gasteiger partial charge in [-0.2, -0.15) is 14.9 Å². The maximum Gasteiger partial charge on any atom is 0.345 e. The number of nitrogens with two attached hydrogens (primary N) is 1. The molecule has 0 bridgehead atoms. The molecular formula is C26H28N8O3. The van der Waals surface area contributed by atoms with E-state index in [0.717, 1.165) is 17.7 Å². The fourth-order valence-electron chi connectivity index (χ4n) is 4.68. The van der Waals surface area contributed by atoms with Crippen molar-refractivity contribution in [2.45, 2.75) is 19.4 Å². The van der Waals surface area contributed by atoms with E-state index in [1.807, 2.05) is 59.3 Å². The van der Waals surface area contributed by atoms with Gasteiger partial charge in [0.2, 0.25) is 0 Å². The minimum atomic E-state index is -0.555. The maximum atomic E-state index is 12.6. The van der Waals surface area contributed by atoms with Gasteiger partial charge in [0.25, 0.3) is 5.91 Å². The van der Waals surface area contributed by atoms with Crippen molar-refractivity contribution in [2.75, 3.05) is 25.5 Å². The van der Waals surface area contributed by atoms with Gasteiger partial charge in [-0.25, -0.2) is 14.5 Å². The molecule has 0 aliphatic carbocycles. The Labute approximate surface area is 213 Å². The molecule has 11 heteroatoms. The third-order valence-electron chi connectivity index (χ3n) is 6.47. The normalized spacial score (nSPS) is 15.4. The van der Waals surface area contributed by atoms with E-state index in [-0.39, 0.29) is 18.0 Å². The number of nitrogens with zero attached hydrogens (tertiary/aromatic N) is 6. The van der Waals surface area contributed by atoms with E-state index < -0.39 is 5.91 Å². The number of aromatic nitrogens is 5. The zero-order valence-corrected chi connectivity index (χ0v) is 20.6. The highest BCUT2D eigenvalue weighted by Crippen LogP contribution is 2.37. The molecule has 0 spiro atoms. The van der Waals surface area contributed by atoms with Gasteiger partial charge >= 0.3 is 6.03 Å². The summed E-state index contributed by atoms with van der Waals surface area (Å²) < 4.78 is 8.92. The second-order valence-corrected chi connectivity index (χ2v) is 9.08. The number of rotatable bonds is 7. The lowest BCUT2D eigenvalue weighted by Crippen LogP contribution is -2.39. The van der Waals surface area contributed by atoms with E-state index >= 15 is 0 Å². The lowest BCUT2D eigenvalue weighted by molar-refractivity contribution is 0.100. The number of fused-ring (bicyclic) bond motifs is 1. The summed E-state index contributed by atoms with van der Waals surface area (Å²) in [6.07, 6.45) is 3.48. The number of primary amides is 1. The van der Waals surface area contributed by atoms with Crippen LogP contribution in [-0.2, 0) is 0 Å². The van der Waals surface area contributed by atoms with Crippen molar-refractivity contribution < 1.29 is 14.3 Å². The van der Waals surface area contributed by atoms with Crippen molar-refractivity contribution in [2.24, 2.45) is 11.7 Å². The van der Waals surface area contributed by atoms with Crippen molar-refractivity contribution >= 4 is 17.8 Å². The number of ether oxygens (including phenoxy) is 1. The Morgan fingerprint density at radius 2 is 1.89 bits per heavy atom. The summed E-state index contributed by atoms with van der Waals surface area (Å²) in [7, 11) is 1.73. The first kappa shape index (κ1) is 24.0. The zero-order chi connectivity index (χ0) is 25.9. The molecule has 3 heterocycles. The predicted octanol–water partition coefficient (Wildman–Crippen LogP) is 3.63. The Bertz CT molecular complexity index is 1380. The molecule has 0 saturated heterocycles. The van der Waals surface area contributed by atoms with Crippen LogP contribution in [0.15, 0.2) is 67.3 Å². The average Bonchev–Trinajstić information content (AvgIpc) is 3.57. The number of carbonyl (C=O) groups excluding carboxylic acids is 2. The molecule has 1 aliphatic rings. The van der Waals surface area contributed by atoms with E-state index in [1.54, 1.807) is 11.9 Å². The molecule has 0 fully saturated rings. The molecule has 11 nitrogen and oxygen atoms in total. The third-order valence-corrected chi connectivity index (χ3v) is 6.47. The number of para-hydroxylation sites is 1. The summed E-state index contributed by atoms with van der Waals surface area (Å²) in [6, 6.07) is 16.6. The van der Waals surface area contributed by atoms with Crippen LogP contribution in [0.2, 0.25) is 0 Å². The first-order chi connectivity index (χ1) is 17.9. The quantitative estimate of drug-likeness (QED) is 0.396. The smallest absolute Gasteiger partial charge is 0.345 e. The molecule has 1 aliphatic heterocycles. The van der Waals surface area contributed by atoms with Crippen molar-refractivity contribution in [3.63, 3.8) is 0 Å². The van der Waals surface area contributed by atoms with Gasteiger partial charge in [0.15, 0.2) is 0 Å². The Kier molecular flexibility index (Phi) is 6.59. The Balaban J connectivity index is 1.40. The first-order valence-electron chi connectivity index (χ1n) is 12.0. The van der Waals surface area contributed by atoms with Gasteiger partial charge in [-0.05, 0) is 48.7 Å². The fraction of sp³-hybridized carbons (Fsp3) is 0.269. The Hall–Kier alpha value is -4.67. The number of anilines is 1. The van der Waals surface area contributed by atoms with E-state index in [4.69, 9.17) is 15.6 Å². The second-order valence-electron chi connectivity index (χ2n) is 9.08. The van der Waals surface area contributed by atoms with Crippen LogP contribution in [0.4, 0.5) is 10.6 Å². The Morgan fingerprint density at radius 3 is 2.57 bits per heavy atom. The van der Waals surface area contributed by atoms with Crippen LogP contribution in [0.5, 0.6) is 11.5 Å². The predicted molar refractivity (Wildman–Crippen MR) is 137 cm³/mol. The molecule has 2 unspecified atom stereocenters. The minimum absolute atomic E-state index is 0.0356. The van der Waals surface area contributed by atoms with Crippen LogP contribution in [-0.4, -0.2) is 61.5 Å². The lowest BCUT2D eigenvalue weighted by Gasteiger charge is -2.32. The van der Waals surface area contributed by atoms with Crippen LogP contribution in [0, 0.1) is 5.92 Å². The number of amides is 2. The molecule has 2 atom stereocenters. The topological polar surface area (TPSA) is 133 Å². The molecule has 190 valence electrons. The highest BCUT2D eigenvalue weighted by atomic mass is 16.5. The standard InChI is InChI=1S/C26H28N8O3/c1-17(14-32(2)26(36)33-16-28-15-30-33)21-12-13-29-25-22(24(27)35)23(31-34(21)25)18-8-10-20(11-9-18)37-19-6-4-3-5-7-19/h3-11,15-17,21,29H,12-14H2,1-2H3,(H2,27,35). The molecule has 3 N–H and O–H groups in total. The van der Waals surface area contributed by atoms with E-state index in [9.17, 15) is 9.59 Å². The molecule has 4 aromatic rings. The van der Waals surface area contributed by atoms with Crippen molar-refractivity contribution in [1.82, 2.24) is 29.4 Å². The summed E-state index contributed by atoms with van der Waals surface area (Å²) in [6.45, 7) is 3.19. The summed E-state index contributed by atoms with van der Waals surface area (Å²) in [4.78, 5) is 30.6. The number of hydrogen-bond donors (Lipinski definition) is 2. The maximum absolute atomic E-state index is 12.6. The van der Waals surface area contributed by atoms with E-state index in [0.29, 0.717) is 35.9 Å². The molecule has 0 saturated carbocycles. The highest BCUT2D eigenvalue weighted by molar-refractivity contribution is 6.03. The number of hydrogen-bond acceptors (Lipinski definition) is 7. The lowest BCUT2D eigenvalue weighted by atomic mass is 9.96. The van der Waals surface area contributed by atoms with Crippen LogP contribution in [0.1, 0.15) is 29.7 Å². The van der Waals surface area contributed by atoms with E-state index in [2.05, 4.69) is 22.3 Å². The summed E-state index contributed by atoms with van der Waals surface area (Å²) in [5.74, 6) is 1.48. The van der Waals surface area contributed by atoms with Gasteiger partial charge in [0.1, 0.15) is 41.2 Å². The first-order valence-corrected chi connectivity index (χ1v) is 12.0. The number of nitrogens with one attached hydrogen (secondary N) is 1. The number of benzene rings is 2. The van der Waals surface area contributed by atoms with Gasteiger partial charge in [-0.15, -0.1) is 0 Å². The van der Waals surface area contributed by atoms with Gasteiger partial charge < -0.3 is 20.7 Å². The van der Waals surface area contributed by atoms with Gasteiger partial charge in [-0.1, -0.05) is 25.1 Å². The Morgan fingerprint density at radius 1 is 1.16 bits per heavy atom. The highest BCUT2D eigenvalue weighted by Gasteiger charge is 2.33. The van der Waals surface area contributed by atoms with E-state index in [1.165, 1.54) is 17.3 Å². The van der Waals surface area contributed by atoms with Gasteiger partial charge in [-0.3, -0.25) is 4.79 Å². The zero-order valence-electron chi connectivity index (χ0n) is 20.6. The monoisotopic (exact) mass is 500 g/mol. The molecular weight excluding hydrogens is 472 g/mol. The molecule has 2 amide bonds. The molecule has 2 aromatic carbocycles. The summed E-state index contributed by atoms with van der Waals surface area (Å²) in [5, 5.41) is 12.1. The largest absolute Gasteiger partial charge is 0.457 e. The minimum Gasteiger partial charge on any atom is -0.457 e. The molecule has 2 aromatic heterocycles. The second kappa shape index (κ2) is 10.1. The third kappa shape index (κ3) is 4.88.